The van der Waals surface area contributed by atoms with E-state index in [1.54, 1.807) is 38.1 Å². The van der Waals surface area contributed by atoms with Gasteiger partial charge < -0.3 is 4.74 Å². The monoisotopic (exact) mass is 237 g/mol. The average molecular weight is 237 g/mol. The van der Waals surface area contributed by atoms with Crippen LogP contribution < -0.4 is 0 Å². The Hall–Kier alpha value is -1.91. The molecular weight excluding hydrogens is 222 g/mol. The maximum Gasteiger partial charge on any atom is 0.382 e. The highest BCUT2D eigenvalue weighted by Crippen LogP contribution is 2.08. The van der Waals surface area contributed by atoms with E-state index in [1.165, 1.54) is 0 Å². The molecule has 5 nitrogen and oxygen atoms in total. The van der Waals surface area contributed by atoms with Crippen LogP contribution >= 0.6 is 0 Å². The van der Waals surface area contributed by atoms with Crippen molar-refractivity contribution in [2.75, 3.05) is 0 Å². The standard InChI is InChI=1S/C12H15NO4/c1-9(2)17-12(14)11(13(15)16)8-10-6-4-3-5-7-10/h3-7,9,11H,8H2,1-2H3. The van der Waals surface area contributed by atoms with Crippen LogP contribution in [0.25, 0.3) is 0 Å². The van der Waals surface area contributed by atoms with Gasteiger partial charge in [0.15, 0.2) is 0 Å². The molecule has 0 radical (unpaired) electrons. The van der Waals surface area contributed by atoms with Gasteiger partial charge in [-0.1, -0.05) is 30.3 Å². The second kappa shape index (κ2) is 5.98. The zero-order chi connectivity index (χ0) is 12.8. The van der Waals surface area contributed by atoms with E-state index >= 15 is 0 Å². The van der Waals surface area contributed by atoms with Crippen molar-refractivity contribution >= 4 is 5.97 Å². The molecule has 1 atom stereocenters. The molecule has 0 aliphatic heterocycles. The first-order valence-electron chi connectivity index (χ1n) is 5.38. The van der Waals surface area contributed by atoms with Gasteiger partial charge in [0.1, 0.15) is 0 Å². The van der Waals surface area contributed by atoms with Gasteiger partial charge in [0.25, 0.3) is 0 Å². The lowest BCUT2D eigenvalue weighted by atomic mass is 10.1. The minimum atomic E-state index is -1.33. The molecule has 0 aliphatic rings. The van der Waals surface area contributed by atoms with Crippen molar-refractivity contribution in [1.29, 1.82) is 0 Å². The van der Waals surface area contributed by atoms with Gasteiger partial charge in [-0.15, -0.1) is 0 Å². The van der Waals surface area contributed by atoms with Crippen LogP contribution in [0.15, 0.2) is 30.3 Å². The van der Waals surface area contributed by atoms with Crippen molar-refractivity contribution in [2.24, 2.45) is 0 Å². The number of nitro groups is 1. The number of benzene rings is 1. The highest BCUT2D eigenvalue weighted by Gasteiger charge is 2.32. The van der Waals surface area contributed by atoms with E-state index in [-0.39, 0.29) is 12.5 Å². The number of nitrogens with zero attached hydrogens (tertiary/aromatic N) is 1. The molecule has 0 saturated heterocycles. The lowest BCUT2D eigenvalue weighted by Crippen LogP contribution is -2.34. The highest BCUT2D eigenvalue weighted by molar-refractivity contribution is 5.74. The summed E-state index contributed by atoms with van der Waals surface area (Å²) in [7, 11) is 0. The fourth-order valence-electron chi connectivity index (χ4n) is 1.39. The van der Waals surface area contributed by atoms with E-state index in [0.717, 1.165) is 5.56 Å². The van der Waals surface area contributed by atoms with Crippen LogP contribution in [0.4, 0.5) is 0 Å². The molecule has 0 aromatic heterocycles. The lowest BCUT2D eigenvalue weighted by Gasteiger charge is -2.11. The van der Waals surface area contributed by atoms with Crippen LogP contribution in [-0.2, 0) is 16.0 Å². The van der Waals surface area contributed by atoms with Crippen molar-refractivity contribution in [3.8, 4) is 0 Å². The molecule has 17 heavy (non-hydrogen) atoms. The van der Waals surface area contributed by atoms with Gasteiger partial charge in [0.2, 0.25) is 0 Å². The average Bonchev–Trinajstić information content (AvgIpc) is 2.25. The van der Waals surface area contributed by atoms with Crippen molar-refractivity contribution in [3.63, 3.8) is 0 Å². The van der Waals surface area contributed by atoms with Crippen LogP contribution in [0.5, 0.6) is 0 Å². The molecule has 0 amide bonds. The minimum absolute atomic E-state index is 0.0550. The van der Waals surface area contributed by atoms with Gasteiger partial charge in [-0.2, -0.15) is 0 Å². The quantitative estimate of drug-likeness (QED) is 0.445. The summed E-state index contributed by atoms with van der Waals surface area (Å²) in [5, 5.41) is 10.8. The smallest absolute Gasteiger partial charge is 0.382 e. The first kappa shape index (κ1) is 13.2. The zero-order valence-electron chi connectivity index (χ0n) is 9.83. The summed E-state index contributed by atoms with van der Waals surface area (Å²) in [5.41, 5.74) is 0.745. The van der Waals surface area contributed by atoms with E-state index in [4.69, 9.17) is 4.74 Å². The van der Waals surface area contributed by atoms with E-state index < -0.39 is 16.9 Å². The Balaban J connectivity index is 2.74. The highest BCUT2D eigenvalue weighted by atomic mass is 16.6. The molecule has 0 fully saturated rings. The number of carbonyl (C=O) groups excluding carboxylic acids is 1. The molecule has 0 saturated carbocycles. The largest absolute Gasteiger partial charge is 0.458 e. The number of hydrogen-bond acceptors (Lipinski definition) is 4. The van der Waals surface area contributed by atoms with E-state index in [9.17, 15) is 14.9 Å². The molecule has 1 unspecified atom stereocenters. The maximum atomic E-state index is 11.5. The Morgan fingerprint density at radius 2 is 1.94 bits per heavy atom. The molecule has 0 N–H and O–H groups in total. The summed E-state index contributed by atoms with van der Waals surface area (Å²) >= 11 is 0. The predicted octanol–water partition coefficient (Wildman–Crippen LogP) is 1.83. The molecule has 1 rings (SSSR count). The Morgan fingerprint density at radius 3 is 2.41 bits per heavy atom. The molecule has 0 aliphatic carbocycles. The third-order valence-corrected chi connectivity index (χ3v) is 2.15. The molecule has 1 aromatic rings. The van der Waals surface area contributed by atoms with Crippen LogP contribution in [0.1, 0.15) is 19.4 Å². The summed E-state index contributed by atoms with van der Waals surface area (Å²) in [6, 6.07) is 7.54. The first-order chi connectivity index (χ1) is 8.00. The Labute approximate surface area is 99.5 Å². The lowest BCUT2D eigenvalue weighted by molar-refractivity contribution is -0.510. The molecule has 5 heteroatoms. The molecule has 92 valence electrons. The Kier molecular flexibility index (Phi) is 4.63. The Bertz CT molecular complexity index is 389. The summed E-state index contributed by atoms with van der Waals surface area (Å²) < 4.78 is 4.87. The first-order valence-corrected chi connectivity index (χ1v) is 5.38. The van der Waals surface area contributed by atoms with Gasteiger partial charge in [0, 0.05) is 4.92 Å². The van der Waals surface area contributed by atoms with Gasteiger partial charge in [-0.3, -0.25) is 10.1 Å². The minimum Gasteiger partial charge on any atom is -0.458 e. The summed E-state index contributed by atoms with van der Waals surface area (Å²) in [6.07, 6.45) is -0.292. The molecule has 1 aromatic carbocycles. The third-order valence-electron chi connectivity index (χ3n) is 2.15. The van der Waals surface area contributed by atoms with Crippen molar-refractivity contribution in [2.45, 2.75) is 32.4 Å². The zero-order valence-corrected chi connectivity index (χ0v) is 9.83. The number of ether oxygens (including phenoxy) is 1. The molecule has 0 bridgehead atoms. The van der Waals surface area contributed by atoms with Crippen molar-refractivity contribution in [3.05, 3.63) is 46.0 Å². The van der Waals surface area contributed by atoms with Crippen LogP contribution in [0, 0.1) is 10.1 Å². The van der Waals surface area contributed by atoms with E-state index in [0.29, 0.717) is 0 Å². The summed E-state index contributed by atoms with van der Waals surface area (Å²) in [6.45, 7) is 3.33. The normalized spacial score (nSPS) is 12.2. The SMILES string of the molecule is CC(C)OC(=O)C(Cc1ccccc1)[N+](=O)[O-]. The fourth-order valence-corrected chi connectivity index (χ4v) is 1.39. The molecular formula is C12H15NO4. The third kappa shape index (κ3) is 4.22. The van der Waals surface area contributed by atoms with Gasteiger partial charge in [0.05, 0.1) is 12.5 Å². The summed E-state index contributed by atoms with van der Waals surface area (Å²) in [4.78, 5) is 21.8. The molecule has 0 heterocycles. The maximum absolute atomic E-state index is 11.5. The van der Waals surface area contributed by atoms with Crippen molar-refractivity contribution < 1.29 is 14.5 Å². The van der Waals surface area contributed by atoms with E-state index in [1.807, 2.05) is 6.07 Å². The van der Waals surface area contributed by atoms with Crippen LogP contribution in [-0.4, -0.2) is 23.0 Å². The van der Waals surface area contributed by atoms with Gasteiger partial charge in [-0.05, 0) is 19.4 Å². The van der Waals surface area contributed by atoms with E-state index in [2.05, 4.69) is 0 Å². The second-order valence-corrected chi connectivity index (χ2v) is 3.98. The second-order valence-electron chi connectivity index (χ2n) is 3.98. The number of esters is 1. The Morgan fingerprint density at radius 1 is 1.35 bits per heavy atom. The number of rotatable bonds is 5. The van der Waals surface area contributed by atoms with Crippen LogP contribution in [0.2, 0.25) is 0 Å². The number of carbonyl (C=O) groups is 1. The number of hydrogen-bond donors (Lipinski definition) is 0. The van der Waals surface area contributed by atoms with Crippen molar-refractivity contribution in [1.82, 2.24) is 0 Å². The summed E-state index contributed by atoms with van der Waals surface area (Å²) in [5.74, 6) is -0.783. The predicted molar refractivity (Wildman–Crippen MR) is 62.2 cm³/mol. The van der Waals surface area contributed by atoms with Gasteiger partial charge >= 0.3 is 12.0 Å². The van der Waals surface area contributed by atoms with Crippen LogP contribution in [0.3, 0.4) is 0 Å². The fraction of sp³-hybridized carbons (Fsp3) is 0.417. The van der Waals surface area contributed by atoms with Gasteiger partial charge in [-0.25, -0.2) is 4.79 Å². The topological polar surface area (TPSA) is 69.4 Å². The molecule has 0 spiro atoms.